The van der Waals surface area contributed by atoms with Gasteiger partial charge in [0.15, 0.2) is 0 Å². The third-order valence-corrected chi connectivity index (χ3v) is 3.50. The molecular weight excluding hydrogens is 258 g/mol. The van der Waals surface area contributed by atoms with Gasteiger partial charge in [0.25, 0.3) is 0 Å². The summed E-state index contributed by atoms with van der Waals surface area (Å²) in [6, 6.07) is 11.9. The van der Waals surface area contributed by atoms with Crippen LogP contribution in [0.5, 0.6) is 0 Å². The van der Waals surface area contributed by atoms with E-state index in [0.29, 0.717) is 10.8 Å². The minimum absolute atomic E-state index is 0.624. The molecule has 2 aromatic heterocycles. The summed E-state index contributed by atoms with van der Waals surface area (Å²) in [5.74, 6) is 0.624. The number of nitrogens with two attached hydrogens (primary N) is 1. The van der Waals surface area contributed by atoms with Crippen LogP contribution < -0.4 is 5.73 Å². The number of anilines is 1. The maximum Gasteiger partial charge on any atom is 0.139 e. The van der Waals surface area contributed by atoms with Crippen molar-refractivity contribution in [3.05, 3.63) is 53.2 Å². The summed E-state index contributed by atoms with van der Waals surface area (Å²) in [6.45, 7) is 2.13. The molecule has 4 heteroatoms. The number of aromatic nitrogens is 2. The molecule has 1 aromatic carbocycles. The summed E-state index contributed by atoms with van der Waals surface area (Å²) >= 11 is 6.00. The highest BCUT2D eigenvalue weighted by atomic mass is 35.5. The number of rotatable bonds is 2. The molecule has 0 radical (unpaired) electrons. The lowest BCUT2D eigenvalue weighted by molar-refractivity contribution is 1.14. The van der Waals surface area contributed by atoms with Crippen molar-refractivity contribution < 1.29 is 0 Å². The number of fused-ring (bicyclic) bond motifs is 1. The Labute approximate surface area is 116 Å². The van der Waals surface area contributed by atoms with E-state index >= 15 is 0 Å². The molecule has 0 bridgehead atoms. The van der Waals surface area contributed by atoms with E-state index in [9.17, 15) is 0 Å². The molecule has 0 aliphatic carbocycles. The molecule has 3 rings (SSSR count). The Hall–Kier alpha value is -2.00. The molecule has 0 saturated heterocycles. The van der Waals surface area contributed by atoms with Crippen LogP contribution in [-0.2, 0) is 6.42 Å². The van der Waals surface area contributed by atoms with Crippen LogP contribution in [-0.4, -0.2) is 9.38 Å². The van der Waals surface area contributed by atoms with Gasteiger partial charge in [-0.05, 0) is 24.1 Å². The van der Waals surface area contributed by atoms with Crippen molar-refractivity contribution in [1.29, 1.82) is 0 Å². The minimum Gasteiger partial charge on any atom is -0.383 e. The lowest BCUT2D eigenvalue weighted by Gasteiger charge is -2.05. The van der Waals surface area contributed by atoms with Gasteiger partial charge in [-0.2, -0.15) is 0 Å². The molecular formula is C15H14ClN3. The Bertz CT molecular complexity index is 746. The maximum atomic E-state index is 6.21. The minimum atomic E-state index is 0.624. The number of benzene rings is 1. The van der Waals surface area contributed by atoms with E-state index in [2.05, 4.69) is 24.0 Å². The Morgan fingerprint density at radius 3 is 2.79 bits per heavy atom. The average molecular weight is 272 g/mol. The van der Waals surface area contributed by atoms with Gasteiger partial charge in [-0.15, -0.1) is 0 Å². The van der Waals surface area contributed by atoms with Gasteiger partial charge < -0.3 is 5.73 Å². The fraction of sp³-hybridized carbons (Fsp3) is 0.133. The van der Waals surface area contributed by atoms with E-state index in [1.54, 1.807) is 6.20 Å². The van der Waals surface area contributed by atoms with Gasteiger partial charge in [-0.3, -0.25) is 4.40 Å². The number of aryl methyl sites for hydroxylation is 1. The first-order valence-electron chi connectivity index (χ1n) is 6.22. The van der Waals surface area contributed by atoms with Crippen molar-refractivity contribution in [2.24, 2.45) is 0 Å². The molecule has 0 unspecified atom stereocenters. The standard InChI is InChI=1S/C15H14ClN3/c1-2-10-5-3-4-6-12(10)14-15(17)19-9-11(16)7-8-13(19)18-14/h3-9H,2,17H2,1H3. The molecule has 0 aliphatic rings. The molecule has 3 nitrogen and oxygen atoms in total. The Morgan fingerprint density at radius 2 is 2.00 bits per heavy atom. The largest absolute Gasteiger partial charge is 0.383 e. The van der Waals surface area contributed by atoms with Crippen molar-refractivity contribution >= 4 is 23.1 Å². The number of halogens is 1. The summed E-state index contributed by atoms with van der Waals surface area (Å²) in [7, 11) is 0. The van der Waals surface area contributed by atoms with Gasteiger partial charge in [0.05, 0.1) is 5.02 Å². The number of nitrogen functional groups attached to an aromatic ring is 1. The van der Waals surface area contributed by atoms with E-state index < -0.39 is 0 Å². The zero-order valence-corrected chi connectivity index (χ0v) is 11.4. The first kappa shape index (κ1) is 12.1. The van der Waals surface area contributed by atoms with Crippen LogP contribution in [0.4, 0.5) is 5.82 Å². The van der Waals surface area contributed by atoms with Crippen LogP contribution in [0, 0.1) is 0 Å². The molecule has 0 amide bonds. The Balaban J connectivity index is 2.28. The van der Waals surface area contributed by atoms with E-state index in [0.717, 1.165) is 23.3 Å². The fourth-order valence-electron chi connectivity index (χ4n) is 2.29. The van der Waals surface area contributed by atoms with Crippen molar-refractivity contribution in [3.8, 4) is 11.3 Å². The Kier molecular flexibility index (Phi) is 2.91. The second-order valence-electron chi connectivity index (χ2n) is 4.43. The van der Waals surface area contributed by atoms with Crippen LogP contribution >= 0.6 is 11.6 Å². The molecule has 2 heterocycles. The highest BCUT2D eigenvalue weighted by Gasteiger charge is 2.13. The average Bonchev–Trinajstić information content (AvgIpc) is 2.76. The van der Waals surface area contributed by atoms with Crippen LogP contribution in [0.3, 0.4) is 0 Å². The third-order valence-electron chi connectivity index (χ3n) is 3.27. The molecule has 0 saturated carbocycles. The summed E-state index contributed by atoms with van der Waals surface area (Å²) in [6.07, 6.45) is 2.74. The second kappa shape index (κ2) is 4.59. The highest BCUT2D eigenvalue weighted by Crippen LogP contribution is 2.30. The summed E-state index contributed by atoms with van der Waals surface area (Å²) in [4.78, 5) is 4.61. The third kappa shape index (κ3) is 1.96. The van der Waals surface area contributed by atoms with E-state index in [1.807, 2.05) is 28.7 Å². The van der Waals surface area contributed by atoms with Crippen LogP contribution in [0.2, 0.25) is 5.02 Å². The number of pyridine rings is 1. The first-order valence-corrected chi connectivity index (χ1v) is 6.60. The number of hydrogen-bond acceptors (Lipinski definition) is 2. The van der Waals surface area contributed by atoms with Crippen LogP contribution in [0.1, 0.15) is 12.5 Å². The molecule has 3 aromatic rings. The van der Waals surface area contributed by atoms with Crippen molar-refractivity contribution in [2.45, 2.75) is 13.3 Å². The molecule has 2 N–H and O–H groups in total. The smallest absolute Gasteiger partial charge is 0.139 e. The normalized spacial score (nSPS) is 11.1. The van der Waals surface area contributed by atoms with Crippen molar-refractivity contribution in [3.63, 3.8) is 0 Å². The number of imidazole rings is 1. The van der Waals surface area contributed by atoms with E-state index in [1.165, 1.54) is 5.56 Å². The van der Waals surface area contributed by atoms with Crippen LogP contribution in [0.15, 0.2) is 42.6 Å². The maximum absolute atomic E-state index is 6.21. The second-order valence-corrected chi connectivity index (χ2v) is 4.87. The number of hydrogen-bond donors (Lipinski definition) is 1. The summed E-state index contributed by atoms with van der Waals surface area (Å²) in [5, 5.41) is 0.645. The molecule has 0 spiro atoms. The quantitative estimate of drug-likeness (QED) is 0.770. The van der Waals surface area contributed by atoms with Gasteiger partial charge in [0.2, 0.25) is 0 Å². The molecule has 0 fully saturated rings. The van der Waals surface area contributed by atoms with Gasteiger partial charge in [-0.25, -0.2) is 4.98 Å². The molecule has 19 heavy (non-hydrogen) atoms. The van der Waals surface area contributed by atoms with Crippen molar-refractivity contribution in [1.82, 2.24) is 9.38 Å². The monoisotopic (exact) mass is 271 g/mol. The Morgan fingerprint density at radius 1 is 1.21 bits per heavy atom. The predicted octanol–water partition coefficient (Wildman–Crippen LogP) is 3.80. The lowest BCUT2D eigenvalue weighted by Crippen LogP contribution is -1.95. The molecule has 0 aliphatic heterocycles. The van der Waals surface area contributed by atoms with Gasteiger partial charge in [0, 0.05) is 11.8 Å². The SMILES string of the molecule is CCc1ccccc1-c1nc2ccc(Cl)cn2c1N. The molecule has 0 atom stereocenters. The van der Waals surface area contributed by atoms with E-state index in [4.69, 9.17) is 17.3 Å². The lowest BCUT2D eigenvalue weighted by atomic mass is 10.0. The molecule has 96 valence electrons. The van der Waals surface area contributed by atoms with Crippen molar-refractivity contribution in [2.75, 3.05) is 5.73 Å². The topological polar surface area (TPSA) is 43.3 Å². The van der Waals surface area contributed by atoms with Gasteiger partial charge >= 0.3 is 0 Å². The number of nitrogens with zero attached hydrogens (tertiary/aromatic N) is 2. The summed E-state index contributed by atoms with van der Waals surface area (Å²) in [5.41, 5.74) is 10.2. The predicted molar refractivity (Wildman–Crippen MR) is 79.4 cm³/mol. The fourth-order valence-corrected chi connectivity index (χ4v) is 2.46. The van der Waals surface area contributed by atoms with Gasteiger partial charge in [-0.1, -0.05) is 42.8 Å². The van der Waals surface area contributed by atoms with Crippen LogP contribution in [0.25, 0.3) is 16.9 Å². The van der Waals surface area contributed by atoms with E-state index in [-0.39, 0.29) is 0 Å². The zero-order valence-electron chi connectivity index (χ0n) is 10.6. The van der Waals surface area contributed by atoms with Gasteiger partial charge in [0.1, 0.15) is 17.2 Å². The zero-order chi connectivity index (χ0) is 13.4. The first-order chi connectivity index (χ1) is 9.20. The summed E-state index contributed by atoms with van der Waals surface area (Å²) < 4.78 is 1.82. The highest BCUT2D eigenvalue weighted by molar-refractivity contribution is 6.30.